The number of rotatable bonds is 5. The van der Waals surface area contributed by atoms with Crippen LogP contribution >= 0.6 is 33.9 Å². The molecule has 1 unspecified atom stereocenters. The van der Waals surface area contributed by atoms with E-state index in [9.17, 15) is 0 Å². The lowest BCUT2D eigenvalue weighted by molar-refractivity contribution is 0.0365. The van der Waals surface area contributed by atoms with E-state index in [0.717, 1.165) is 26.3 Å². The lowest BCUT2D eigenvalue weighted by Crippen LogP contribution is -2.06. The molecule has 5 heteroatoms. The lowest BCUT2D eigenvalue weighted by Gasteiger charge is -2.17. The van der Waals surface area contributed by atoms with Gasteiger partial charge in [-0.05, 0) is 59.7 Å². The van der Waals surface area contributed by atoms with Crippen molar-refractivity contribution in [1.82, 2.24) is 4.98 Å². The Morgan fingerprint density at radius 2 is 2.30 bits per heavy atom. The van der Waals surface area contributed by atoms with Crippen LogP contribution in [0.15, 0.2) is 23.6 Å². The summed E-state index contributed by atoms with van der Waals surface area (Å²) < 4.78 is 7.12. The number of aromatic nitrogens is 1. The summed E-state index contributed by atoms with van der Waals surface area (Å²) in [5.74, 6) is 0. The van der Waals surface area contributed by atoms with E-state index in [2.05, 4.69) is 40.6 Å². The zero-order chi connectivity index (χ0) is 14.5. The van der Waals surface area contributed by atoms with Crippen molar-refractivity contribution in [3.05, 3.63) is 49.0 Å². The Hall–Kier alpha value is -0.970. The van der Waals surface area contributed by atoms with Crippen molar-refractivity contribution in [2.45, 2.75) is 33.0 Å². The standard InChI is InChI=1S/C15H15IN2OS/c1-3-14(19-8-15-18-10(2)9-20-15)12-6-11(7-17)4-5-13(12)16/h4-6,9,14H,3,8H2,1-2H3. The van der Waals surface area contributed by atoms with Gasteiger partial charge >= 0.3 is 0 Å². The zero-order valence-corrected chi connectivity index (χ0v) is 14.4. The van der Waals surface area contributed by atoms with E-state index in [-0.39, 0.29) is 6.10 Å². The maximum Gasteiger partial charge on any atom is 0.119 e. The molecule has 0 saturated heterocycles. The summed E-state index contributed by atoms with van der Waals surface area (Å²) in [7, 11) is 0. The van der Waals surface area contributed by atoms with Crippen molar-refractivity contribution in [1.29, 1.82) is 5.26 Å². The fourth-order valence-electron chi connectivity index (χ4n) is 1.93. The maximum atomic E-state index is 9.02. The first-order valence-corrected chi connectivity index (χ1v) is 8.32. The van der Waals surface area contributed by atoms with Gasteiger partial charge in [0.2, 0.25) is 0 Å². The Kier molecular flexibility index (Phi) is 5.52. The molecular weight excluding hydrogens is 383 g/mol. The molecule has 3 nitrogen and oxygen atoms in total. The van der Waals surface area contributed by atoms with E-state index >= 15 is 0 Å². The van der Waals surface area contributed by atoms with Crippen LogP contribution in [0.25, 0.3) is 0 Å². The SMILES string of the molecule is CCC(OCc1nc(C)cs1)c1cc(C#N)ccc1I. The van der Waals surface area contributed by atoms with E-state index in [1.807, 2.05) is 30.5 Å². The molecule has 104 valence electrons. The number of nitrogens with zero attached hydrogens (tertiary/aromatic N) is 2. The summed E-state index contributed by atoms with van der Waals surface area (Å²) in [4.78, 5) is 4.41. The van der Waals surface area contributed by atoms with Crippen LogP contribution in [-0.4, -0.2) is 4.98 Å². The van der Waals surface area contributed by atoms with Crippen molar-refractivity contribution in [2.24, 2.45) is 0 Å². The summed E-state index contributed by atoms with van der Waals surface area (Å²) in [6, 6.07) is 7.90. The second-order valence-corrected chi connectivity index (χ2v) is 6.54. The van der Waals surface area contributed by atoms with Crippen LogP contribution in [0.1, 0.15) is 41.3 Å². The molecule has 0 aliphatic carbocycles. The summed E-state index contributed by atoms with van der Waals surface area (Å²) in [6.45, 7) is 4.59. The minimum Gasteiger partial charge on any atom is -0.366 e. The molecule has 0 aliphatic heterocycles. The van der Waals surface area contributed by atoms with Gasteiger partial charge in [0.15, 0.2) is 0 Å². The van der Waals surface area contributed by atoms with Gasteiger partial charge in [-0.2, -0.15) is 5.26 Å². The normalized spacial score (nSPS) is 12.1. The molecular formula is C15H15IN2OS. The third-order valence-corrected chi connectivity index (χ3v) is 4.84. The predicted octanol–water partition coefficient (Wildman–Crippen LogP) is 4.60. The Morgan fingerprint density at radius 3 is 2.90 bits per heavy atom. The fraction of sp³-hybridized carbons (Fsp3) is 0.333. The Bertz CT molecular complexity index is 633. The molecule has 0 saturated carbocycles. The first kappa shape index (κ1) is 15.4. The van der Waals surface area contributed by atoms with Gasteiger partial charge in [0, 0.05) is 14.6 Å². The van der Waals surface area contributed by atoms with Gasteiger partial charge in [0.25, 0.3) is 0 Å². The molecule has 0 amide bonds. The average molecular weight is 398 g/mol. The van der Waals surface area contributed by atoms with Gasteiger partial charge in [-0.1, -0.05) is 6.92 Å². The lowest BCUT2D eigenvalue weighted by atomic mass is 10.0. The highest BCUT2D eigenvalue weighted by molar-refractivity contribution is 14.1. The van der Waals surface area contributed by atoms with Crippen LogP contribution in [0.2, 0.25) is 0 Å². The Balaban J connectivity index is 2.14. The van der Waals surface area contributed by atoms with Gasteiger partial charge in [-0.25, -0.2) is 4.98 Å². The third kappa shape index (κ3) is 3.78. The molecule has 1 aromatic heterocycles. The molecule has 2 rings (SSSR count). The van der Waals surface area contributed by atoms with Gasteiger partial charge in [0.05, 0.1) is 24.3 Å². The average Bonchev–Trinajstić information content (AvgIpc) is 2.87. The molecule has 0 N–H and O–H groups in total. The van der Waals surface area contributed by atoms with E-state index in [1.54, 1.807) is 11.3 Å². The highest BCUT2D eigenvalue weighted by atomic mass is 127. The van der Waals surface area contributed by atoms with E-state index in [0.29, 0.717) is 12.2 Å². The van der Waals surface area contributed by atoms with Crippen LogP contribution < -0.4 is 0 Å². The van der Waals surface area contributed by atoms with Crippen molar-refractivity contribution in [3.63, 3.8) is 0 Å². The highest BCUT2D eigenvalue weighted by Gasteiger charge is 2.15. The summed E-state index contributed by atoms with van der Waals surface area (Å²) >= 11 is 3.91. The molecule has 0 radical (unpaired) electrons. The highest BCUT2D eigenvalue weighted by Crippen LogP contribution is 2.28. The summed E-state index contributed by atoms with van der Waals surface area (Å²) in [5, 5.41) is 12.0. The topological polar surface area (TPSA) is 45.9 Å². The quantitative estimate of drug-likeness (QED) is 0.692. The molecule has 0 aliphatic rings. The van der Waals surface area contributed by atoms with Crippen molar-refractivity contribution in [3.8, 4) is 6.07 Å². The van der Waals surface area contributed by atoms with Crippen LogP contribution in [0.5, 0.6) is 0 Å². The molecule has 0 spiro atoms. The number of halogens is 1. The number of ether oxygens (including phenoxy) is 1. The number of hydrogen-bond acceptors (Lipinski definition) is 4. The minimum atomic E-state index is -0.000550. The summed E-state index contributed by atoms with van der Waals surface area (Å²) in [5.41, 5.74) is 2.79. The van der Waals surface area contributed by atoms with Gasteiger partial charge in [0.1, 0.15) is 5.01 Å². The van der Waals surface area contributed by atoms with E-state index in [1.165, 1.54) is 0 Å². The van der Waals surface area contributed by atoms with E-state index in [4.69, 9.17) is 10.00 Å². The van der Waals surface area contributed by atoms with Crippen LogP contribution in [0.3, 0.4) is 0 Å². The summed E-state index contributed by atoms with van der Waals surface area (Å²) in [6.07, 6.45) is 0.870. The molecule has 0 bridgehead atoms. The molecule has 1 heterocycles. The first-order chi connectivity index (χ1) is 9.63. The maximum absolute atomic E-state index is 9.02. The smallest absolute Gasteiger partial charge is 0.119 e. The molecule has 20 heavy (non-hydrogen) atoms. The third-order valence-electron chi connectivity index (χ3n) is 2.92. The Labute approximate surface area is 136 Å². The zero-order valence-electron chi connectivity index (χ0n) is 11.4. The number of hydrogen-bond donors (Lipinski definition) is 0. The van der Waals surface area contributed by atoms with Gasteiger partial charge in [-0.15, -0.1) is 11.3 Å². The predicted molar refractivity (Wildman–Crippen MR) is 88.5 cm³/mol. The van der Waals surface area contributed by atoms with Gasteiger partial charge < -0.3 is 4.74 Å². The molecule has 0 fully saturated rings. The number of aryl methyl sites for hydroxylation is 1. The monoisotopic (exact) mass is 398 g/mol. The number of thiazole rings is 1. The molecule has 2 aromatic rings. The Morgan fingerprint density at radius 1 is 1.50 bits per heavy atom. The van der Waals surface area contributed by atoms with Gasteiger partial charge in [-0.3, -0.25) is 0 Å². The van der Waals surface area contributed by atoms with Crippen molar-refractivity contribution in [2.75, 3.05) is 0 Å². The minimum absolute atomic E-state index is 0.000550. The van der Waals surface area contributed by atoms with E-state index < -0.39 is 0 Å². The second kappa shape index (κ2) is 7.16. The molecule has 1 atom stereocenters. The molecule has 1 aromatic carbocycles. The number of benzene rings is 1. The number of nitriles is 1. The van der Waals surface area contributed by atoms with Crippen LogP contribution in [0, 0.1) is 21.8 Å². The van der Waals surface area contributed by atoms with Crippen molar-refractivity contribution >= 4 is 33.9 Å². The largest absolute Gasteiger partial charge is 0.366 e. The fourth-order valence-corrected chi connectivity index (χ4v) is 3.30. The van der Waals surface area contributed by atoms with Crippen LogP contribution in [-0.2, 0) is 11.3 Å². The first-order valence-electron chi connectivity index (χ1n) is 6.36. The van der Waals surface area contributed by atoms with Crippen LogP contribution in [0.4, 0.5) is 0 Å². The second-order valence-electron chi connectivity index (χ2n) is 4.44. The van der Waals surface area contributed by atoms with Crippen molar-refractivity contribution < 1.29 is 4.74 Å².